The molecule has 0 heterocycles. The van der Waals surface area contributed by atoms with Crippen LogP contribution in [0.3, 0.4) is 0 Å². The van der Waals surface area contributed by atoms with Crippen LogP contribution in [0.2, 0.25) is 0 Å². The molecule has 1 rings (SSSR count). The summed E-state index contributed by atoms with van der Waals surface area (Å²) in [5.74, 6) is 1.64. The molecule has 0 aliphatic heterocycles. The molecule has 0 spiro atoms. The molecule has 0 aliphatic rings. The van der Waals surface area contributed by atoms with E-state index in [1.807, 2.05) is 6.07 Å². The summed E-state index contributed by atoms with van der Waals surface area (Å²) in [7, 11) is 0. The Morgan fingerprint density at radius 3 is 2.71 bits per heavy atom. The molecule has 1 atom stereocenters. The van der Waals surface area contributed by atoms with Crippen LogP contribution in [0.25, 0.3) is 0 Å². The molecule has 2 heteroatoms. The van der Waals surface area contributed by atoms with E-state index in [-0.39, 0.29) is 0 Å². The average Bonchev–Trinajstić information content (AvgIpc) is 2.37. The van der Waals surface area contributed by atoms with Crippen LogP contribution in [-0.2, 0) is 6.54 Å². The zero-order valence-corrected chi connectivity index (χ0v) is 11.3. The molecule has 0 aromatic heterocycles. The van der Waals surface area contributed by atoms with Crippen LogP contribution in [0.5, 0.6) is 5.75 Å². The maximum Gasteiger partial charge on any atom is 0.123 e. The van der Waals surface area contributed by atoms with E-state index in [2.05, 4.69) is 44.3 Å². The van der Waals surface area contributed by atoms with Gasteiger partial charge >= 0.3 is 0 Å². The number of ether oxygens (including phenoxy) is 1. The second kappa shape index (κ2) is 8.13. The van der Waals surface area contributed by atoms with Crippen LogP contribution in [0.4, 0.5) is 0 Å². The number of para-hydroxylation sites is 1. The van der Waals surface area contributed by atoms with Crippen LogP contribution >= 0.6 is 0 Å². The topological polar surface area (TPSA) is 21.3 Å². The summed E-state index contributed by atoms with van der Waals surface area (Å²) in [4.78, 5) is 0. The number of nitrogens with one attached hydrogen (secondary N) is 1. The van der Waals surface area contributed by atoms with E-state index in [1.54, 1.807) is 0 Å². The lowest BCUT2D eigenvalue weighted by molar-refractivity contribution is 0.254. The molecule has 2 nitrogen and oxygen atoms in total. The second-order valence-electron chi connectivity index (χ2n) is 4.61. The molecular formula is C15H25NO. The summed E-state index contributed by atoms with van der Waals surface area (Å²) in [5.41, 5.74) is 1.25. The van der Waals surface area contributed by atoms with Crippen LogP contribution in [-0.4, -0.2) is 13.2 Å². The van der Waals surface area contributed by atoms with E-state index in [9.17, 15) is 0 Å². The van der Waals surface area contributed by atoms with Gasteiger partial charge in [-0.25, -0.2) is 0 Å². The zero-order chi connectivity index (χ0) is 12.5. The monoisotopic (exact) mass is 235 g/mol. The minimum Gasteiger partial charge on any atom is -0.493 e. The number of rotatable bonds is 8. The normalized spacial score (nSPS) is 12.4. The van der Waals surface area contributed by atoms with Gasteiger partial charge in [-0.15, -0.1) is 0 Å². The highest BCUT2D eigenvalue weighted by Gasteiger charge is 2.04. The van der Waals surface area contributed by atoms with Crippen molar-refractivity contribution in [1.82, 2.24) is 5.32 Å². The molecule has 1 N–H and O–H groups in total. The smallest absolute Gasteiger partial charge is 0.123 e. The molecule has 1 aromatic rings. The summed E-state index contributed by atoms with van der Waals surface area (Å²) in [6.45, 7) is 9.35. The van der Waals surface area contributed by atoms with E-state index < -0.39 is 0 Å². The summed E-state index contributed by atoms with van der Waals surface area (Å²) in [6, 6.07) is 8.30. The highest BCUT2D eigenvalue weighted by Crippen LogP contribution is 2.18. The van der Waals surface area contributed by atoms with E-state index >= 15 is 0 Å². The molecule has 1 unspecified atom stereocenters. The first-order valence-electron chi connectivity index (χ1n) is 6.69. The molecule has 0 saturated heterocycles. The summed E-state index contributed by atoms with van der Waals surface area (Å²) in [5, 5.41) is 3.41. The van der Waals surface area contributed by atoms with Gasteiger partial charge in [0.25, 0.3) is 0 Å². The van der Waals surface area contributed by atoms with Gasteiger partial charge in [0.1, 0.15) is 5.75 Å². The first kappa shape index (κ1) is 14.0. The Morgan fingerprint density at radius 2 is 2.00 bits per heavy atom. The largest absolute Gasteiger partial charge is 0.493 e. The molecule has 1 aromatic carbocycles. The molecule has 0 saturated carbocycles. The van der Waals surface area contributed by atoms with Gasteiger partial charge in [0, 0.05) is 12.1 Å². The van der Waals surface area contributed by atoms with E-state index in [0.29, 0.717) is 5.92 Å². The van der Waals surface area contributed by atoms with Gasteiger partial charge in [-0.05, 0) is 24.9 Å². The van der Waals surface area contributed by atoms with Gasteiger partial charge in [-0.3, -0.25) is 0 Å². The van der Waals surface area contributed by atoms with Gasteiger partial charge in [0.2, 0.25) is 0 Å². The fourth-order valence-electron chi connectivity index (χ4n) is 1.54. The van der Waals surface area contributed by atoms with Crippen LogP contribution in [0.15, 0.2) is 24.3 Å². The third kappa shape index (κ3) is 5.22. The van der Waals surface area contributed by atoms with Crippen molar-refractivity contribution in [1.29, 1.82) is 0 Å². The fraction of sp³-hybridized carbons (Fsp3) is 0.600. The lowest BCUT2D eigenvalue weighted by Gasteiger charge is -2.14. The highest BCUT2D eigenvalue weighted by atomic mass is 16.5. The summed E-state index contributed by atoms with van der Waals surface area (Å²) in [6.07, 6.45) is 2.33. The minimum absolute atomic E-state index is 0.617. The van der Waals surface area contributed by atoms with Gasteiger partial charge in [-0.1, -0.05) is 45.4 Å². The maximum atomic E-state index is 5.88. The Balaban J connectivity index is 2.51. The van der Waals surface area contributed by atoms with Crippen molar-refractivity contribution >= 4 is 0 Å². The third-order valence-electron chi connectivity index (χ3n) is 2.94. The van der Waals surface area contributed by atoms with Crippen molar-refractivity contribution in [3.63, 3.8) is 0 Å². The maximum absolute atomic E-state index is 5.88. The fourth-order valence-corrected chi connectivity index (χ4v) is 1.54. The molecule has 0 amide bonds. The molecule has 0 radical (unpaired) electrons. The SMILES string of the molecule is CCCNCc1ccccc1OCC(C)CC. The lowest BCUT2D eigenvalue weighted by Crippen LogP contribution is -2.15. The highest BCUT2D eigenvalue weighted by molar-refractivity contribution is 5.33. The van der Waals surface area contributed by atoms with Gasteiger partial charge in [-0.2, -0.15) is 0 Å². The molecule has 96 valence electrons. The lowest BCUT2D eigenvalue weighted by atomic mass is 10.1. The Morgan fingerprint density at radius 1 is 1.24 bits per heavy atom. The first-order valence-corrected chi connectivity index (χ1v) is 6.69. The van der Waals surface area contributed by atoms with Crippen molar-refractivity contribution in [2.75, 3.05) is 13.2 Å². The van der Waals surface area contributed by atoms with Gasteiger partial charge in [0.05, 0.1) is 6.61 Å². The molecule has 17 heavy (non-hydrogen) atoms. The predicted octanol–water partition coefficient (Wildman–Crippen LogP) is 3.61. The van der Waals surface area contributed by atoms with E-state index in [1.165, 1.54) is 5.56 Å². The standard InChI is InChI=1S/C15H25NO/c1-4-10-16-11-14-8-6-7-9-15(14)17-12-13(3)5-2/h6-9,13,16H,4-5,10-12H2,1-3H3. The average molecular weight is 235 g/mol. The summed E-state index contributed by atoms with van der Waals surface area (Å²) >= 11 is 0. The molecule has 0 fully saturated rings. The quantitative estimate of drug-likeness (QED) is 0.695. The first-order chi connectivity index (χ1) is 8.27. The Labute approximate surface area is 105 Å². The summed E-state index contributed by atoms with van der Waals surface area (Å²) < 4.78 is 5.88. The van der Waals surface area contributed by atoms with Crippen molar-refractivity contribution in [3.05, 3.63) is 29.8 Å². The van der Waals surface area contributed by atoms with Crippen molar-refractivity contribution in [2.24, 2.45) is 5.92 Å². The number of benzene rings is 1. The third-order valence-corrected chi connectivity index (χ3v) is 2.94. The van der Waals surface area contributed by atoms with Gasteiger partial charge in [0.15, 0.2) is 0 Å². The Hall–Kier alpha value is -1.02. The predicted molar refractivity (Wildman–Crippen MR) is 73.4 cm³/mol. The molecule has 0 aliphatic carbocycles. The minimum atomic E-state index is 0.617. The molecule has 0 bridgehead atoms. The molecular weight excluding hydrogens is 210 g/mol. The zero-order valence-electron chi connectivity index (χ0n) is 11.3. The van der Waals surface area contributed by atoms with Crippen LogP contribution in [0, 0.1) is 5.92 Å². The van der Waals surface area contributed by atoms with Gasteiger partial charge < -0.3 is 10.1 Å². The van der Waals surface area contributed by atoms with Crippen molar-refractivity contribution < 1.29 is 4.74 Å². The van der Waals surface area contributed by atoms with Crippen LogP contribution < -0.4 is 10.1 Å². The van der Waals surface area contributed by atoms with E-state index in [0.717, 1.165) is 38.3 Å². The number of hydrogen-bond acceptors (Lipinski definition) is 2. The second-order valence-corrected chi connectivity index (χ2v) is 4.61. The Kier molecular flexibility index (Phi) is 6.71. The Bertz CT molecular complexity index is 312. The van der Waals surface area contributed by atoms with Crippen molar-refractivity contribution in [2.45, 2.75) is 40.2 Å². The van der Waals surface area contributed by atoms with Crippen LogP contribution in [0.1, 0.15) is 39.2 Å². The van der Waals surface area contributed by atoms with E-state index in [4.69, 9.17) is 4.74 Å². The number of hydrogen-bond donors (Lipinski definition) is 1. The van der Waals surface area contributed by atoms with Crippen molar-refractivity contribution in [3.8, 4) is 5.75 Å².